The molecule has 3 aromatic rings. The molecule has 1 saturated carbocycles. The van der Waals surface area contributed by atoms with Crippen molar-refractivity contribution < 1.29 is 23.8 Å². The first-order chi connectivity index (χ1) is 17.9. The normalized spacial score (nSPS) is 15.7. The lowest BCUT2D eigenvalue weighted by atomic mass is 9.88. The van der Waals surface area contributed by atoms with Gasteiger partial charge in [0.25, 0.3) is 0 Å². The quantitative estimate of drug-likeness (QED) is 0.425. The van der Waals surface area contributed by atoms with Crippen LogP contribution in [0.3, 0.4) is 0 Å². The number of aliphatic carboxylic acids is 1. The molecule has 7 heteroatoms. The maximum Gasteiger partial charge on any atom is 0.307 e. The van der Waals surface area contributed by atoms with Crippen molar-refractivity contribution in [1.82, 2.24) is 9.88 Å². The standard InChI is InChI=1S/C30H31FN2O4/c1-2-37-28-11-6-19(16-30(35)36)15-24(28)21-9-10-26(31)22-12-14-33(18-25(21)22)29(34)17-23(20-7-8-20)27-5-3-4-13-32-27/h3-6,9-11,13,15,20,23H,2,7-8,12,14,16-18H2,1H3,(H,35,36). The van der Waals surface area contributed by atoms with Crippen molar-refractivity contribution in [3.05, 3.63) is 82.9 Å². The summed E-state index contributed by atoms with van der Waals surface area (Å²) >= 11 is 0. The Labute approximate surface area is 216 Å². The second kappa shape index (κ2) is 10.7. The molecule has 0 saturated heterocycles. The number of amides is 1. The zero-order chi connectivity index (χ0) is 25.9. The molecule has 2 aromatic carbocycles. The second-order valence-electron chi connectivity index (χ2n) is 9.85. The van der Waals surface area contributed by atoms with Gasteiger partial charge >= 0.3 is 5.97 Å². The topological polar surface area (TPSA) is 79.7 Å². The van der Waals surface area contributed by atoms with Gasteiger partial charge in [0.15, 0.2) is 0 Å². The van der Waals surface area contributed by atoms with E-state index in [-0.39, 0.29) is 24.1 Å². The largest absolute Gasteiger partial charge is 0.493 e. The highest BCUT2D eigenvalue weighted by Gasteiger charge is 2.36. The molecule has 1 aliphatic carbocycles. The third kappa shape index (κ3) is 5.50. The lowest BCUT2D eigenvalue weighted by Crippen LogP contribution is -2.37. The van der Waals surface area contributed by atoms with Gasteiger partial charge in [-0.1, -0.05) is 18.2 Å². The molecule has 1 atom stereocenters. The smallest absolute Gasteiger partial charge is 0.307 e. The van der Waals surface area contributed by atoms with Crippen molar-refractivity contribution in [2.75, 3.05) is 13.2 Å². The van der Waals surface area contributed by atoms with E-state index in [2.05, 4.69) is 4.98 Å². The van der Waals surface area contributed by atoms with Gasteiger partial charge in [-0.2, -0.15) is 0 Å². The maximum absolute atomic E-state index is 14.9. The van der Waals surface area contributed by atoms with Gasteiger partial charge in [-0.3, -0.25) is 14.6 Å². The first-order valence-corrected chi connectivity index (χ1v) is 12.9. The monoisotopic (exact) mass is 502 g/mol. The van der Waals surface area contributed by atoms with E-state index in [0.717, 1.165) is 35.2 Å². The van der Waals surface area contributed by atoms with Crippen LogP contribution >= 0.6 is 0 Å². The van der Waals surface area contributed by atoms with Crippen LogP contribution in [0.15, 0.2) is 54.7 Å². The van der Waals surface area contributed by atoms with Crippen LogP contribution in [0.2, 0.25) is 0 Å². The number of carboxylic acids is 1. The lowest BCUT2D eigenvalue weighted by molar-refractivity contribution is -0.136. The molecule has 1 N–H and O–H groups in total. The van der Waals surface area contributed by atoms with Crippen LogP contribution < -0.4 is 4.74 Å². The Kier molecular flexibility index (Phi) is 7.22. The minimum atomic E-state index is -0.925. The number of ether oxygens (including phenoxy) is 1. The van der Waals surface area contributed by atoms with Gasteiger partial charge in [-0.05, 0) is 84.7 Å². The summed E-state index contributed by atoms with van der Waals surface area (Å²) in [5, 5.41) is 9.29. The lowest BCUT2D eigenvalue weighted by Gasteiger charge is -2.32. The van der Waals surface area contributed by atoms with Gasteiger partial charge in [-0.25, -0.2) is 4.39 Å². The minimum Gasteiger partial charge on any atom is -0.493 e. The predicted molar refractivity (Wildman–Crippen MR) is 138 cm³/mol. The van der Waals surface area contributed by atoms with Gasteiger partial charge < -0.3 is 14.7 Å². The first-order valence-electron chi connectivity index (χ1n) is 12.9. The molecule has 0 spiro atoms. The Hall–Kier alpha value is -3.74. The molecule has 1 aliphatic heterocycles. The average Bonchev–Trinajstić information content (AvgIpc) is 3.74. The van der Waals surface area contributed by atoms with E-state index >= 15 is 0 Å². The van der Waals surface area contributed by atoms with Crippen molar-refractivity contribution in [3.8, 4) is 16.9 Å². The number of nitrogens with zero attached hydrogens (tertiary/aromatic N) is 2. The maximum atomic E-state index is 14.9. The third-order valence-corrected chi connectivity index (χ3v) is 7.35. The summed E-state index contributed by atoms with van der Waals surface area (Å²) < 4.78 is 20.8. The Morgan fingerprint density at radius 2 is 1.97 bits per heavy atom. The Morgan fingerprint density at radius 1 is 1.14 bits per heavy atom. The van der Waals surface area contributed by atoms with E-state index in [9.17, 15) is 19.1 Å². The Balaban J connectivity index is 1.46. The predicted octanol–water partition coefficient (Wildman–Crippen LogP) is 5.38. The van der Waals surface area contributed by atoms with Crippen LogP contribution in [-0.2, 0) is 29.0 Å². The molecule has 0 bridgehead atoms. The molecule has 5 rings (SSSR count). The van der Waals surface area contributed by atoms with Gasteiger partial charge in [0.1, 0.15) is 11.6 Å². The Morgan fingerprint density at radius 3 is 2.68 bits per heavy atom. The molecule has 1 fully saturated rings. The summed E-state index contributed by atoms with van der Waals surface area (Å²) in [6.45, 7) is 3.08. The molecule has 1 unspecified atom stereocenters. The molecule has 192 valence electrons. The van der Waals surface area contributed by atoms with Crippen molar-refractivity contribution in [2.45, 2.75) is 51.5 Å². The van der Waals surface area contributed by atoms with Crippen LogP contribution in [0, 0.1) is 11.7 Å². The zero-order valence-electron chi connectivity index (χ0n) is 21.0. The number of carbonyl (C=O) groups is 2. The van der Waals surface area contributed by atoms with E-state index < -0.39 is 5.97 Å². The third-order valence-electron chi connectivity index (χ3n) is 7.35. The summed E-state index contributed by atoms with van der Waals surface area (Å²) in [5.74, 6) is 0.0286. The number of benzene rings is 2. The average molecular weight is 503 g/mol. The number of hydrogen-bond donors (Lipinski definition) is 1. The number of hydrogen-bond acceptors (Lipinski definition) is 4. The fourth-order valence-electron chi connectivity index (χ4n) is 5.37. The number of aromatic nitrogens is 1. The number of rotatable bonds is 9. The molecule has 1 aromatic heterocycles. The summed E-state index contributed by atoms with van der Waals surface area (Å²) in [4.78, 5) is 31.2. The van der Waals surface area contributed by atoms with E-state index in [1.807, 2.05) is 30.0 Å². The van der Waals surface area contributed by atoms with E-state index in [0.29, 0.717) is 55.3 Å². The van der Waals surface area contributed by atoms with Gasteiger partial charge in [0, 0.05) is 42.9 Å². The molecule has 1 amide bonds. The summed E-state index contributed by atoms with van der Waals surface area (Å²) in [6, 6.07) is 14.3. The fraction of sp³-hybridized carbons (Fsp3) is 0.367. The number of pyridine rings is 1. The van der Waals surface area contributed by atoms with E-state index in [1.165, 1.54) is 6.07 Å². The summed E-state index contributed by atoms with van der Waals surface area (Å²) in [7, 11) is 0. The Bertz CT molecular complexity index is 1310. The van der Waals surface area contributed by atoms with Crippen molar-refractivity contribution in [3.63, 3.8) is 0 Å². The number of carboxylic acid groups (broad SMARTS) is 1. The number of fused-ring (bicyclic) bond motifs is 1. The van der Waals surface area contributed by atoms with Crippen LogP contribution in [0.25, 0.3) is 11.1 Å². The minimum absolute atomic E-state index is 0.0491. The van der Waals surface area contributed by atoms with Crippen LogP contribution in [0.5, 0.6) is 5.75 Å². The summed E-state index contributed by atoms with van der Waals surface area (Å²) in [5.41, 5.74) is 4.45. The highest BCUT2D eigenvalue weighted by Crippen LogP contribution is 2.44. The molecule has 2 heterocycles. The van der Waals surface area contributed by atoms with Crippen molar-refractivity contribution in [1.29, 1.82) is 0 Å². The molecule has 6 nitrogen and oxygen atoms in total. The first kappa shape index (κ1) is 24.9. The van der Waals surface area contributed by atoms with Gasteiger partial charge in [-0.15, -0.1) is 0 Å². The van der Waals surface area contributed by atoms with Crippen molar-refractivity contribution in [2.24, 2.45) is 5.92 Å². The number of carbonyl (C=O) groups excluding carboxylic acids is 1. The molecular formula is C30H31FN2O4. The molecular weight excluding hydrogens is 471 g/mol. The molecule has 0 radical (unpaired) electrons. The van der Waals surface area contributed by atoms with Crippen LogP contribution in [0.4, 0.5) is 4.39 Å². The van der Waals surface area contributed by atoms with Crippen LogP contribution in [0.1, 0.15) is 54.5 Å². The van der Waals surface area contributed by atoms with Crippen molar-refractivity contribution >= 4 is 11.9 Å². The van der Waals surface area contributed by atoms with E-state index in [1.54, 1.807) is 30.5 Å². The van der Waals surface area contributed by atoms with E-state index in [4.69, 9.17) is 4.74 Å². The fourth-order valence-corrected chi connectivity index (χ4v) is 5.37. The molecule has 37 heavy (non-hydrogen) atoms. The second-order valence-corrected chi connectivity index (χ2v) is 9.85. The molecule has 2 aliphatic rings. The van der Waals surface area contributed by atoms with Gasteiger partial charge in [0.05, 0.1) is 13.0 Å². The highest BCUT2D eigenvalue weighted by molar-refractivity contribution is 5.80. The zero-order valence-corrected chi connectivity index (χ0v) is 21.0. The van der Waals surface area contributed by atoms with Crippen LogP contribution in [-0.4, -0.2) is 40.0 Å². The number of halogens is 1. The van der Waals surface area contributed by atoms with Gasteiger partial charge in [0.2, 0.25) is 5.91 Å². The summed E-state index contributed by atoms with van der Waals surface area (Å²) in [6.07, 6.45) is 4.69. The highest BCUT2D eigenvalue weighted by atomic mass is 19.1. The SMILES string of the molecule is CCOc1ccc(CC(=O)O)cc1-c1ccc(F)c2c1CN(C(=O)CC(c1ccccn1)C1CC1)CC2.